The Bertz CT molecular complexity index is 665. The third-order valence-corrected chi connectivity index (χ3v) is 3.97. The van der Waals surface area contributed by atoms with E-state index in [4.69, 9.17) is 34.0 Å². The maximum absolute atomic E-state index is 12.2. The van der Waals surface area contributed by atoms with Crippen molar-refractivity contribution in [3.05, 3.63) is 18.2 Å². The van der Waals surface area contributed by atoms with E-state index < -0.39 is 11.9 Å². The third-order valence-electron chi connectivity index (χ3n) is 3.97. The van der Waals surface area contributed by atoms with Crippen molar-refractivity contribution in [3.8, 4) is 11.5 Å². The summed E-state index contributed by atoms with van der Waals surface area (Å²) >= 11 is 0. The van der Waals surface area contributed by atoms with Crippen molar-refractivity contribution in [3.63, 3.8) is 0 Å². The van der Waals surface area contributed by atoms with Crippen LogP contribution in [0.5, 0.6) is 11.5 Å². The number of morpholine rings is 1. The standard InChI is InChI=1S/C17H26N2O4.C2H2O4/c1-12-10-19(11-13(2)23-12)6-5-17(20)18-14-7-15(21-3)9-16(8-14)22-4;3-1(4)2(5)6/h7-9,12-13H,5-6,10-11H2,1-4H3,(H,18,20);(H,3,4)(H,5,6). The first-order valence-corrected chi connectivity index (χ1v) is 9.01. The number of aliphatic carboxylic acids is 2. The number of hydrogen-bond acceptors (Lipinski definition) is 7. The van der Waals surface area contributed by atoms with Gasteiger partial charge in [-0.3, -0.25) is 9.69 Å². The second-order valence-corrected chi connectivity index (χ2v) is 6.53. The van der Waals surface area contributed by atoms with Gasteiger partial charge in [0.25, 0.3) is 0 Å². The van der Waals surface area contributed by atoms with Crippen molar-refractivity contribution in [1.82, 2.24) is 4.90 Å². The van der Waals surface area contributed by atoms with Gasteiger partial charge < -0.3 is 29.7 Å². The van der Waals surface area contributed by atoms with E-state index in [1.54, 1.807) is 32.4 Å². The molecule has 1 aliphatic heterocycles. The van der Waals surface area contributed by atoms with E-state index in [2.05, 4.69) is 24.1 Å². The summed E-state index contributed by atoms with van der Waals surface area (Å²) in [6.07, 6.45) is 0.868. The monoisotopic (exact) mass is 412 g/mol. The normalized spacial score (nSPS) is 18.8. The zero-order valence-electron chi connectivity index (χ0n) is 17.0. The van der Waals surface area contributed by atoms with Crippen LogP contribution in [0.2, 0.25) is 0 Å². The van der Waals surface area contributed by atoms with Gasteiger partial charge in [-0.1, -0.05) is 0 Å². The van der Waals surface area contributed by atoms with Crippen molar-refractivity contribution in [2.45, 2.75) is 32.5 Å². The second-order valence-electron chi connectivity index (χ2n) is 6.53. The molecular formula is C19H28N2O8. The van der Waals surface area contributed by atoms with Crippen LogP contribution in [-0.2, 0) is 19.1 Å². The molecular weight excluding hydrogens is 384 g/mol. The molecule has 162 valence electrons. The number of rotatable bonds is 6. The molecule has 1 aromatic carbocycles. The molecule has 1 fully saturated rings. The summed E-state index contributed by atoms with van der Waals surface area (Å²) in [7, 11) is 3.17. The quantitative estimate of drug-likeness (QED) is 0.591. The molecule has 2 unspecified atom stereocenters. The Balaban J connectivity index is 0.000000612. The van der Waals surface area contributed by atoms with E-state index in [9.17, 15) is 4.79 Å². The van der Waals surface area contributed by atoms with E-state index in [0.29, 0.717) is 23.6 Å². The molecule has 3 N–H and O–H groups in total. The van der Waals surface area contributed by atoms with Gasteiger partial charge in [-0.15, -0.1) is 0 Å². The molecule has 10 nitrogen and oxygen atoms in total. The molecule has 2 rings (SSSR count). The van der Waals surface area contributed by atoms with Crippen molar-refractivity contribution >= 4 is 23.5 Å². The topological polar surface area (TPSA) is 135 Å². The highest BCUT2D eigenvalue weighted by atomic mass is 16.5. The largest absolute Gasteiger partial charge is 0.497 e. The fraction of sp³-hybridized carbons (Fsp3) is 0.526. The summed E-state index contributed by atoms with van der Waals surface area (Å²) < 4.78 is 16.1. The highest BCUT2D eigenvalue weighted by Crippen LogP contribution is 2.25. The number of anilines is 1. The highest BCUT2D eigenvalue weighted by molar-refractivity contribution is 6.27. The van der Waals surface area contributed by atoms with Gasteiger partial charge in [-0.2, -0.15) is 0 Å². The van der Waals surface area contributed by atoms with Crippen LogP contribution in [-0.4, -0.2) is 79.0 Å². The van der Waals surface area contributed by atoms with Gasteiger partial charge >= 0.3 is 11.9 Å². The van der Waals surface area contributed by atoms with Crippen LogP contribution >= 0.6 is 0 Å². The zero-order chi connectivity index (χ0) is 22.0. The maximum atomic E-state index is 12.2. The molecule has 0 aliphatic carbocycles. The molecule has 0 bridgehead atoms. The molecule has 29 heavy (non-hydrogen) atoms. The van der Waals surface area contributed by atoms with Crippen molar-refractivity contribution in [2.75, 3.05) is 39.2 Å². The summed E-state index contributed by atoms with van der Waals surface area (Å²) in [6, 6.07) is 5.32. The van der Waals surface area contributed by atoms with E-state index >= 15 is 0 Å². The molecule has 0 radical (unpaired) electrons. The Morgan fingerprint density at radius 1 is 1.03 bits per heavy atom. The number of carbonyl (C=O) groups is 3. The Kier molecular flexibility index (Phi) is 9.90. The second kappa shape index (κ2) is 11.9. The summed E-state index contributed by atoms with van der Waals surface area (Å²) in [6.45, 7) is 6.58. The van der Waals surface area contributed by atoms with Crippen LogP contribution in [0.25, 0.3) is 0 Å². The smallest absolute Gasteiger partial charge is 0.414 e. The number of carboxylic acid groups (broad SMARTS) is 2. The van der Waals surface area contributed by atoms with Crippen LogP contribution < -0.4 is 14.8 Å². The van der Waals surface area contributed by atoms with Gasteiger partial charge in [0.05, 0.1) is 26.4 Å². The maximum Gasteiger partial charge on any atom is 0.414 e. The lowest BCUT2D eigenvalue weighted by Crippen LogP contribution is -2.46. The number of ether oxygens (including phenoxy) is 3. The molecule has 1 saturated heterocycles. The average molecular weight is 412 g/mol. The van der Waals surface area contributed by atoms with Crippen LogP contribution in [0.15, 0.2) is 18.2 Å². The molecule has 0 aromatic heterocycles. The van der Waals surface area contributed by atoms with Crippen LogP contribution in [0.1, 0.15) is 20.3 Å². The van der Waals surface area contributed by atoms with Gasteiger partial charge in [-0.25, -0.2) is 9.59 Å². The lowest BCUT2D eigenvalue weighted by atomic mass is 10.2. The van der Waals surface area contributed by atoms with E-state index in [1.165, 1.54) is 0 Å². The van der Waals surface area contributed by atoms with E-state index in [-0.39, 0.29) is 18.1 Å². The number of amides is 1. The molecule has 0 saturated carbocycles. The average Bonchev–Trinajstić information content (AvgIpc) is 2.65. The first-order chi connectivity index (χ1) is 13.6. The van der Waals surface area contributed by atoms with Crippen LogP contribution in [0.4, 0.5) is 5.69 Å². The first-order valence-electron chi connectivity index (χ1n) is 9.01. The summed E-state index contributed by atoms with van der Waals surface area (Å²) in [5.74, 6) is -2.37. The van der Waals surface area contributed by atoms with E-state index in [1.807, 2.05) is 0 Å². The lowest BCUT2D eigenvalue weighted by Gasteiger charge is -2.35. The number of nitrogens with zero attached hydrogens (tertiary/aromatic N) is 1. The van der Waals surface area contributed by atoms with Crippen LogP contribution in [0.3, 0.4) is 0 Å². The summed E-state index contributed by atoms with van der Waals surface area (Å²) in [5.41, 5.74) is 0.676. The van der Waals surface area contributed by atoms with Gasteiger partial charge in [-0.05, 0) is 13.8 Å². The SMILES string of the molecule is COc1cc(NC(=O)CCN2CC(C)OC(C)C2)cc(OC)c1.O=C(O)C(=O)O. The Hall–Kier alpha value is -2.85. The molecule has 2 atom stereocenters. The predicted octanol–water partition coefficient (Wildman–Crippen LogP) is 1.30. The summed E-state index contributed by atoms with van der Waals surface area (Å²) in [4.78, 5) is 32.6. The number of methoxy groups -OCH3 is 2. The first kappa shape index (κ1) is 24.2. The minimum Gasteiger partial charge on any atom is -0.497 e. The van der Waals surface area contributed by atoms with Crippen molar-refractivity contribution in [1.29, 1.82) is 0 Å². The van der Waals surface area contributed by atoms with E-state index in [0.717, 1.165) is 19.6 Å². The van der Waals surface area contributed by atoms with Crippen LogP contribution in [0, 0.1) is 0 Å². The molecule has 0 spiro atoms. The van der Waals surface area contributed by atoms with Gasteiger partial charge in [0.1, 0.15) is 11.5 Å². The number of hydrogen-bond donors (Lipinski definition) is 3. The molecule has 1 heterocycles. The van der Waals surface area contributed by atoms with Gasteiger partial charge in [0, 0.05) is 49.9 Å². The third kappa shape index (κ3) is 9.26. The fourth-order valence-electron chi connectivity index (χ4n) is 2.83. The summed E-state index contributed by atoms with van der Waals surface area (Å²) in [5, 5.41) is 17.7. The Morgan fingerprint density at radius 2 is 1.52 bits per heavy atom. The Morgan fingerprint density at radius 3 is 1.93 bits per heavy atom. The Labute approximate surface area is 169 Å². The van der Waals surface area contributed by atoms with Crippen molar-refractivity contribution < 1.29 is 38.8 Å². The molecule has 10 heteroatoms. The number of nitrogens with one attached hydrogen (secondary N) is 1. The predicted molar refractivity (Wildman–Crippen MR) is 105 cm³/mol. The van der Waals surface area contributed by atoms with Gasteiger partial charge in [0.15, 0.2) is 0 Å². The number of benzene rings is 1. The molecule has 1 aromatic rings. The van der Waals surface area contributed by atoms with Crippen molar-refractivity contribution in [2.24, 2.45) is 0 Å². The lowest BCUT2D eigenvalue weighted by molar-refractivity contribution is -0.159. The fourth-order valence-corrected chi connectivity index (χ4v) is 2.83. The minimum atomic E-state index is -1.82. The number of carbonyl (C=O) groups excluding carboxylic acids is 1. The highest BCUT2D eigenvalue weighted by Gasteiger charge is 2.22. The minimum absolute atomic E-state index is 0.0212. The number of carboxylic acids is 2. The molecule has 1 aliphatic rings. The van der Waals surface area contributed by atoms with Gasteiger partial charge in [0.2, 0.25) is 5.91 Å². The zero-order valence-corrected chi connectivity index (χ0v) is 17.0. The molecule has 1 amide bonds.